The van der Waals surface area contributed by atoms with E-state index in [-0.39, 0.29) is 30.5 Å². The van der Waals surface area contributed by atoms with Gasteiger partial charge in [0.05, 0.1) is 24.6 Å². The van der Waals surface area contributed by atoms with Gasteiger partial charge in [-0.1, -0.05) is 0 Å². The number of carbonyl (C=O) groups is 1. The number of aryl methyl sites for hydroxylation is 2. The van der Waals surface area contributed by atoms with Gasteiger partial charge in [0, 0.05) is 49.3 Å². The number of ketones is 1. The van der Waals surface area contributed by atoms with Gasteiger partial charge in [0.15, 0.2) is 0 Å². The second kappa shape index (κ2) is 12.4. The Bertz CT molecular complexity index is 1190. The van der Waals surface area contributed by atoms with Crippen molar-refractivity contribution in [2.24, 2.45) is 4.99 Å². The summed E-state index contributed by atoms with van der Waals surface area (Å²) in [4.78, 5) is 21.3. The lowest BCUT2D eigenvalue weighted by Gasteiger charge is -2.24. The Labute approximate surface area is 212 Å². The highest BCUT2D eigenvalue weighted by atomic mass is 16.3. The molecule has 8 nitrogen and oxygen atoms in total. The summed E-state index contributed by atoms with van der Waals surface area (Å²) in [5, 5.41) is 32.3. The first-order valence-corrected chi connectivity index (χ1v) is 12.3. The molecule has 1 aliphatic carbocycles. The average Bonchev–Trinajstić information content (AvgIpc) is 2.86. The molecule has 0 aromatic heterocycles. The maximum absolute atomic E-state index is 12.6. The maximum atomic E-state index is 12.6. The van der Waals surface area contributed by atoms with Gasteiger partial charge in [-0.2, -0.15) is 0 Å². The molecular weight excluding hydrogens is 456 g/mol. The van der Waals surface area contributed by atoms with Crippen molar-refractivity contribution in [3.05, 3.63) is 71.1 Å². The van der Waals surface area contributed by atoms with Crippen molar-refractivity contribution in [3.63, 3.8) is 0 Å². The van der Waals surface area contributed by atoms with Gasteiger partial charge < -0.3 is 30.4 Å². The van der Waals surface area contributed by atoms with Crippen molar-refractivity contribution < 1.29 is 20.1 Å². The highest BCUT2D eigenvalue weighted by Gasteiger charge is 2.20. The van der Waals surface area contributed by atoms with E-state index in [9.17, 15) is 20.1 Å². The number of nitrogens with zero attached hydrogens (tertiary/aromatic N) is 3. The number of benzene rings is 2. The Hall–Kier alpha value is -3.62. The average molecular weight is 493 g/mol. The first-order chi connectivity index (χ1) is 17.3. The molecule has 0 unspecified atom stereocenters. The van der Waals surface area contributed by atoms with Crippen molar-refractivity contribution in [1.82, 2.24) is 0 Å². The number of hydrogen-bond donors (Lipinski definition) is 4. The molecule has 2 aromatic carbocycles. The van der Waals surface area contributed by atoms with E-state index < -0.39 is 0 Å². The Morgan fingerprint density at radius 2 is 1.44 bits per heavy atom. The topological polar surface area (TPSA) is 109 Å². The third-order valence-corrected chi connectivity index (χ3v) is 6.21. The van der Waals surface area contributed by atoms with E-state index in [0.717, 1.165) is 41.3 Å². The molecule has 0 fully saturated rings. The molecule has 2 aromatic rings. The number of anilines is 3. The van der Waals surface area contributed by atoms with Crippen molar-refractivity contribution in [1.29, 1.82) is 0 Å². The number of rotatable bonds is 11. The number of carbonyl (C=O) groups excluding carboxylic acids is 1. The van der Waals surface area contributed by atoms with E-state index in [1.54, 1.807) is 6.08 Å². The van der Waals surface area contributed by atoms with E-state index in [1.807, 2.05) is 64.1 Å². The minimum atomic E-state index is -0.369. The van der Waals surface area contributed by atoms with Crippen LogP contribution in [0.25, 0.3) is 0 Å². The van der Waals surface area contributed by atoms with Crippen molar-refractivity contribution in [3.8, 4) is 0 Å². The van der Waals surface area contributed by atoms with Crippen molar-refractivity contribution >= 4 is 34.2 Å². The quantitative estimate of drug-likeness (QED) is 0.351. The third-order valence-electron chi connectivity index (χ3n) is 6.21. The molecule has 0 amide bonds. The van der Waals surface area contributed by atoms with Crippen LogP contribution >= 0.6 is 0 Å². The normalized spacial score (nSPS) is 14.5. The standard InChI is InChI=1S/C28H36N4O4/c1-5-31(11-13-33)21-7-9-23(19(3)15-21)29-25-17-26(28(36)18-27(25)35)30-24-10-8-22(16-20(24)4)32(6-2)12-14-34/h7-10,15-18,29,33-35H,5-6,11-14H2,1-4H3. The van der Waals surface area contributed by atoms with Gasteiger partial charge in [-0.05, 0) is 81.3 Å². The van der Waals surface area contributed by atoms with Gasteiger partial charge in [-0.25, -0.2) is 4.99 Å². The van der Waals surface area contributed by atoms with Crippen LogP contribution in [-0.4, -0.2) is 66.2 Å². The number of aliphatic hydroxyl groups excluding tert-OH is 3. The van der Waals surface area contributed by atoms with Crippen LogP contribution in [0.5, 0.6) is 0 Å². The molecule has 0 atom stereocenters. The van der Waals surface area contributed by atoms with Crippen LogP contribution in [0.1, 0.15) is 25.0 Å². The predicted octanol–water partition coefficient (Wildman–Crippen LogP) is 4.03. The predicted molar refractivity (Wildman–Crippen MR) is 147 cm³/mol. The Morgan fingerprint density at radius 3 is 1.97 bits per heavy atom. The highest BCUT2D eigenvalue weighted by Crippen LogP contribution is 2.28. The smallest absolute Gasteiger partial charge is 0.208 e. The SMILES string of the molecule is CCN(CCO)c1ccc(N=C2C=C(Nc3ccc(N(CC)CCO)cc3C)C(O)=CC2=O)c(C)c1. The van der Waals surface area contributed by atoms with Gasteiger partial charge in [0.2, 0.25) is 5.78 Å². The minimum Gasteiger partial charge on any atom is -0.506 e. The summed E-state index contributed by atoms with van der Waals surface area (Å²) in [6.07, 6.45) is 2.74. The number of hydrogen-bond acceptors (Lipinski definition) is 8. The fourth-order valence-electron chi connectivity index (χ4n) is 4.15. The fraction of sp³-hybridized carbons (Fsp3) is 0.357. The highest BCUT2D eigenvalue weighted by molar-refractivity contribution is 6.49. The molecule has 0 heterocycles. The third kappa shape index (κ3) is 6.33. The van der Waals surface area contributed by atoms with Crippen LogP contribution in [0.3, 0.4) is 0 Å². The molecule has 192 valence electrons. The molecule has 3 rings (SSSR count). The van der Waals surface area contributed by atoms with Crippen LogP contribution in [-0.2, 0) is 4.79 Å². The molecule has 0 saturated heterocycles. The zero-order valence-corrected chi connectivity index (χ0v) is 21.5. The van der Waals surface area contributed by atoms with Gasteiger partial charge in [-0.3, -0.25) is 4.79 Å². The minimum absolute atomic E-state index is 0.0730. The second-order valence-corrected chi connectivity index (χ2v) is 8.65. The lowest BCUT2D eigenvalue weighted by Crippen LogP contribution is -2.26. The second-order valence-electron chi connectivity index (χ2n) is 8.65. The zero-order valence-electron chi connectivity index (χ0n) is 21.5. The molecule has 0 bridgehead atoms. The molecule has 0 saturated carbocycles. The summed E-state index contributed by atoms with van der Waals surface area (Å²) in [5.74, 6) is -0.515. The first-order valence-electron chi connectivity index (χ1n) is 12.3. The van der Waals surface area contributed by atoms with E-state index in [4.69, 9.17) is 0 Å². The molecule has 0 spiro atoms. The molecule has 4 N–H and O–H groups in total. The molecule has 1 aliphatic rings. The number of aliphatic imine (C=N–C) groups is 1. The monoisotopic (exact) mass is 492 g/mol. The summed E-state index contributed by atoms with van der Waals surface area (Å²) in [5.41, 5.74) is 5.93. The summed E-state index contributed by atoms with van der Waals surface area (Å²) < 4.78 is 0. The summed E-state index contributed by atoms with van der Waals surface area (Å²) in [6.45, 7) is 10.8. The van der Waals surface area contributed by atoms with Crippen LogP contribution in [0.2, 0.25) is 0 Å². The van der Waals surface area contributed by atoms with Crippen molar-refractivity contribution in [2.45, 2.75) is 27.7 Å². The Morgan fingerprint density at radius 1 is 0.861 bits per heavy atom. The van der Waals surface area contributed by atoms with Crippen LogP contribution in [0.4, 0.5) is 22.7 Å². The summed E-state index contributed by atoms with van der Waals surface area (Å²) in [6, 6.07) is 11.7. The van der Waals surface area contributed by atoms with Crippen molar-refractivity contribution in [2.75, 3.05) is 54.5 Å². The Kier molecular flexibility index (Phi) is 9.27. The zero-order chi connectivity index (χ0) is 26.2. The van der Waals surface area contributed by atoms with Gasteiger partial charge in [-0.15, -0.1) is 0 Å². The number of aliphatic hydroxyl groups is 3. The van der Waals surface area contributed by atoms with Gasteiger partial charge in [0.1, 0.15) is 11.5 Å². The van der Waals surface area contributed by atoms with E-state index in [1.165, 1.54) is 6.08 Å². The van der Waals surface area contributed by atoms with E-state index >= 15 is 0 Å². The van der Waals surface area contributed by atoms with Gasteiger partial charge >= 0.3 is 0 Å². The summed E-state index contributed by atoms with van der Waals surface area (Å²) in [7, 11) is 0. The lowest BCUT2D eigenvalue weighted by molar-refractivity contribution is -0.109. The largest absolute Gasteiger partial charge is 0.506 e. The molecule has 36 heavy (non-hydrogen) atoms. The van der Waals surface area contributed by atoms with E-state index in [0.29, 0.717) is 24.5 Å². The number of likely N-dealkylation sites (N-methyl/N-ethyl adjacent to an activating group) is 2. The Balaban J connectivity index is 1.87. The fourth-order valence-corrected chi connectivity index (χ4v) is 4.15. The van der Waals surface area contributed by atoms with Crippen LogP contribution in [0, 0.1) is 13.8 Å². The molecule has 0 aliphatic heterocycles. The number of allylic oxidation sites excluding steroid dienone is 2. The van der Waals surface area contributed by atoms with Crippen LogP contribution in [0.15, 0.2) is 65.0 Å². The number of nitrogens with one attached hydrogen (secondary N) is 1. The lowest BCUT2D eigenvalue weighted by atomic mass is 10.1. The molecule has 0 radical (unpaired) electrons. The summed E-state index contributed by atoms with van der Waals surface area (Å²) >= 11 is 0. The van der Waals surface area contributed by atoms with Crippen LogP contribution < -0.4 is 15.1 Å². The maximum Gasteiger partial charge on any atom is 0.208 e. The first kappa shape index (κ1) is 27.0. The molecule has 8 heteroatoms. The van der Waals surface area contributed by atoms with Gasteiger partial charge in [0.25, 0.3) is 0 Å². The molecular formula is C28H36N4O4. The van der Waals surface area contributed by atoms with E-state index in [2.05, 4.69) is 20.1 Å².